The molecule has 0 aromatic heterocycles. The van der Waals surface area contributed by atoms with E-state index >= 15 is 0 Å². The molecule has 0 saturated heterocycles. The lowest BCUT2D eigenvalue weighted by atomic mass is 9.78. The van der Waals surface area contributed by atoms with E-state index in [4.69, 9.17) is 42.6 Å². The lowest BCUT2D eigenvalue weighted by Crippen LogP contribution is -2.41. The first-order valence-corrected chi connectivity index (χ1v) is 48.2. The number of nitrogens with zero attached hydrogens (tertiary/aromatic N) is 4. The van der Waals surface area contributed by atoms with Gasteiger partial charge in [-0.2, -0.15) is 0 Å². The fraction of sp³-hybridized carbons (Fsp3) is 0.300. The molecule has 20 nitrogen and oxygen atoms in total. The zero-order valence-electron chi connectivity index (χ0n) is 82.6. The van der Waals surface area contributed by atoms with Crippen LogP contribution in [-0.2, 0) is 28.3 Å². The molecule has 0 aliphatic heterocycles. The van der Waals surface area contributed by atoms with Crippen LogP contribution in [0.25, 0.3) is 11.1 Å². The molecule has 730 valence electrons. The summed E-state index contributed by atoms with van der Waals surface area (Å²) in [7, 11) is 5.71. The molecule has 6 unspecified atom stereocenters. The predicted octanol–water partition coefficient (Wildman–Crippen LogP) is 22.8. The Balaban J connectivity index is 0.611. The van der Waals surface area contributed by atoms with Crippen molar-refractivity contribution in [3.05, 3.63) is 390 Å². The summed E-state index contributed by atoms with van der Waals surface area (Å²) in [5.41, 5.74) is 17.6. The molecule has 0 radical (unpaired) electrons. The first kappa shape index (κ1) is 102. The highest BCUT2D eigenvalue weighted by Crippen LogP contribution is 2.44. The molecular formula is C120H134N4O16. The number of anilines is 8. The van der Waals surface area contributed by atoms with Gasteiger partial charge in [0.15, 0.2) is 0 Å². The van der Waals surface area contributed by atoms with Crippen molar-refractivity contribution in [2.75, 3.05) is 107 Å². The van der Waals surface area contributed by atoms with Gasteiger partial charge in [0.25, 0.3) is 0 Å². The average molecular weight is 1890 g/mol. The topological polar surface area (TPSA) is 238 Å². The van der Waals surface area contributed by atoms with Crippen molar-refractivity contribution in [1.29, 1.82) is 0 Å². The average Bonchev–Trinajstić information content (AvgIpc) is 0.807. The molecule has 14 aromatic rings. The summed E-state index contributed by atoms with van der Waals surface area (Å²) in [5.74, 6) is 5.82. The minimum Gasteiger partial charge on any atom is -0.497 e. The zero-order chi connectivity index (χ0) is 99.1. The van der Waals surface area contributed by atoms with Gasteiger partial charge >= 0.3 is 0 Å². The van der Waals surface area contributed by atoms with E-state index < -0.39 is 47.5 Å². The predicted molar refractivity (Wildman–Crippen MR) is 561 cm³/mol. The Labute approximate surface area is 825 Å². The lowest BCUT2D eigenvalue weighted by molar-refractivity contribution is 0.0626. The van der Waals surface area contributed by atoms with Crippen molar-refractivity contribution < 1.29 is 78.4 Å². The standard InChI is InChI=1S/C120H134N4O16/c1-14-102(126)75-133-109-54-22-86(23-55-109)117(3,4)90-30-62-113(63-31-90)137-79-106(130)81-139-115-66-34-92(35-67-115)119(7,8)88-26-58-111(59-27-88)135-77-104(128)72-122(73-105(129)78-136-112-60-28-89(29-61-112)120(9,10)93-36-68-116(69-37-93)140-82-107(131)80-138-114-64-32-91(33-65-114)118(5,6)87-24-56-110(57-25-87)134-76-103(127)15-2)95-46-50-100(51-47-95)124(101-52-70-108(132-13)71-53-101)98-42-20-85(21-43-98)84-18-40-97(41-19-84)123(96-38-16-83(74-125)17-39-96)99-48-44-94(45-49-99)121(11)12/h16-71,102-107,125-131H,14-15,72-82H2,1-13H3. The third kappa shape index (κ3) is 26.6. The lowest BCUT2D eigenvalue weighted by Gasteiger charge is -2.31. The van der Waals surface area contributed by atoms with E-state index in [0.29, 0.717) is 58.8 Å². The van der Waals surface area contributed by atoms with Crippen molar-refractivity contribution in [3.63, 3.8) is 0 Å². The molecule has 0 bridgehead atoms. The molecule has 14 rings (SSSR count). The molecule has 0 spiro atoms. The Kier molecular flexibility index (Phi) is 34.4. The Morgan fingerprint density at radius 1 is 0.229 bits per heavy atom. The maximum atomic E-state index is 12.1. The number of methoxy groups -OCH3 is 1. The van der Waals surface area contributed by atoms with Gasteiger partial charge in [0.2, 0.25) is 0 Å². The summed E-state index contributed by atoms with van der Waals surface area (Å²) in [4.78, 5) is 8.44. The minimum absolute atomic E-state index is 0.0370. The first-order valence-electron chi connectivity index (χ1n) is 48.2. The Morgan fingerprint density at radius 2 is 0.414 bits per heavy atom. The van der Waals surface area contributed by atoms with Crippen LogP contribution in [0.4, 0.5) is 45.5 Å². The van der Waals surface area contributed by atoms with E-state index in [9.17, 15) is 35.7 Å². The quantitative estimate of drug-likeness (QED) is 0.0188. The second-order valence-corrected chi connectivity index (χ2v) is 38.0. The summed E-state index contributed by atoms with van der Waals surface area (Å²) in [6.45, 7) is 21.9. The molecule has 0 heterocycles. The second kappa shape index (κ2) is 47.2. The van der Waals surface area contributed by atoms with E-state index in [1.54, 1.807) is 7.11 Å². The second-order valence-electron chi connectivity index (χ2n) is 38.0. The number of benzene rings is 14. The summed E-state index contributed by atoms with van der Waals surface area (Å²) >= 11 is 0. The fourth-order valence-corrected chi connectivity index (χ4v) is 16.9. The number of rotatable bonds is 49. The third-order valence-electron chi connectivity index (χ3n) is 26.3. The van der Waals surface area contributed by atoms with E-state index in [-0.39, 0.29) is 83.4 Å². The van der Waals surface area contributed by atoms with Crippen LogP contribution in [0.3, 0.4) is 0 Å². The van der Waals surface area contributed by atoms with Gasteiger partial charge < -0.3 is 98.0 Å². The van der Waals surface area contributed by atoms with E-state index in [1.807, 2.05) is 275 Å². The molecule has 0 amide bonds. The van der Waals surface area contributed by atoms with Gasteiger partial charge in [-0.3, -0.25) is 0 Å². The highest BCUT2D eigenvalue weighted by Gasteiger charge is 2.30. The van der Waals surface area contributed by atoms with Crippen molar-refractivity contribution in [2.45, 2.75) is 147 Å². The van der Waals surface area contributed by atoms with Crippen LogP contribution in [0.2, 0.25) is 0 Å². The Bertz CT molecular complexity index is 5900. The van der Waals surface area contributed by atoms with Crippen molar-refractivity contribution in [2.24, 2.45) is 0 Å². The molecule has 20 heteroatoms. The van der Waals surface area contributed by atoms with Gasteiger partial charge in [-0.15, -0.1) is 0 Å². The summed E-state index contributed by atoms with van der Waals surface area (Å²) < 4.78 is 54.0. The van der Waals surface area contributed by atoms with Gasteiger partial charge in [0.1, 0.15) is 129 Å². The van der Waals surface area contributed by atoms with Crippen LogP contribution in [0.15, 0.2) is 340 Å². The van der Waals surface area contributed by atoms with Crippen LogP contribution in [0.5, 0.6) is 51.7 Å². The number of hydrogen-bond acceptors (Lipinski definition) is 20. The van der Waals surface area contributed by atoms with Crippen molar-refractivity contribution in [1.82, 2.24) is 0 Å². The van der Waals surface area contributed by atoms with E-state index in [0.717, 1.165) is 112 Å². The van der Waals surface area contributed by atoms with Crippen LogP contribution < -0.4 is 62.2 Å². The third-order valence-corrected chi connectivity index (χ3v) is 26.3. The zero-order valence-corrected chi connectivity index (χ0v) is 82.6. The largest absolute Gasteiger partial charge is 0.497 e. The highest BCUT2D eigenvalue weighted by atomic mass is 16.5. The molecule has 0 saturated carbocycles. The number of aliphatic hydroxyl groups is 7. The smallest absolute Gasteiger partial charge is 0.122 e. The van der Waals surface area contributed by atoms with Gasteiger partial charge in [0.05, 0.1) is 25.9 Å². The molecule has 6 atom stereocenters. The van der Waals surface area contributed by atoms with Crippen LogP contribution in [0.1, 0.15) is 132 Å². The molecule has 0 aliphatic rings. The van der Waals surface area contributed by atoms with E-state index in [2.05, 4.69) is 167 Å². The van der Waals surface area contributed by atoms with Crippen molar-refractivity contribution >= 4 is 45.5 Å². The van der Waals surface area contributed by atoms with Gasteiger partial charge in [-0.25, -0.2) is 0 Å². The van der Waals surface area contributed by atoms with Gasteiger partial charge in [0, 0.05) is 94.3 Å². The minimum atomic E-state index is -1.01. The van der Waals surface area contributed by atoms with Crippen LogP contribution in [0, 0.1) is 0 Å². The van der Waals surface area contributed by atoms with Gasteiger partial charge in [-0.05, 0) is 280 Å². The molecule has 0 fully saturated rings. The molecule has 140 heavy (non-hydrogen) atoms. The Hall–Kier alpha value is -13.8. The van der Waals surface area contributed by atoms with Gasteiger partial charge in [-0.1, -0.05) is 203 Å². The number of ether oxygens (including phenoxy) is 9. The van der Waals surface area contributed by atoms with Crippen LogP contribution >= 0.6 is 0 Å². The number of aliphatic hydroxyl groups excluding tert-OH is 7. The monoisotopic (exact) mass is 1890 g/mol. The maximum Gasteiger partial charge on any atom is 0.122 e. The summed E-state index contributed by atoms with van der Waals surface area (Å²) in [5, 5.41) is 75.9. The SMILES string of the molecule is CCC(O)COc1ccc(C(C)(C)c2ccc(OCC(O)COc3ccc(C(C)(C)c4ccc(OCC(O)CN(CC(O)COc5ccc(C(C)(C)c6ccc(OCC(O)COc7ccc(C(C)(C)c8ccc(OCC(O)CC)cc8)cc7)cc6)cc5)c5ccc(N(c6ccc(OC)cc6)c6ccc(-c7ccc(N(c8ccc(CO)cc8)c8ccc(N(C)C)cc8)cc7)cc6)cc5)cc4)cc3)cc2)cc1. The highest BCUT2D eigenvalue weighted by molar-refractivity contribution is 5.82. The van der Waals surface area contributed by atoms with Crippen molar-refractivity contribution in [3.8, 4) is 62.9 Å². The Morgan fingerprint density at radius 3 is 0.629 bits per heavy atom. The normalized spacial score (nSPS) is 13.1. The van der Waals surface area contributed by atoms with Crippen LogP contribution in [-0.4, -0.2) is 160 Å². The maximum absolute atomic E-state index is 12.1. The van der Waals surface area contributed by atoms with E-state index in [1.165, 1.54) is 0 Å². The molecule has 7 N–H and O–H groups in total. The molecule has 14 aromatic carbocycles. The number of hydrogen-bond donors (Lipinski definition) is 7. The summed E-state index contributed by atoms with van der Waals surface area (Å²) in [6.07, 6.45) is -3.52. The molecular weight excluding hydrogens is 1750 g/mol. The summed E-state index contributed by atoms with van der Waals surface area (Å²) in [6, 6.07) is 113. The first-order chi connectivity index (χ1) is 67.4. The molecule has 0 aliphatic carbocycles. The fourth-order valence-electron chi connectivity index (χ4n) is 16.9.